The Kier molecular flexibility index (Phi) is 7.15. The molecule has 0 bridgehead atoms. The Hall–Kier alpha value is -1.62. The summed E-state index contributed by atoms with van der Waals surface area (Å²) in [5.41, 5.74) is 1.83. The Labute approximate surface area is 127 Å². The molecule has 0 atom stereocenters. The summed E-state index contributed by atoms with van der Waals surface area (Å²) in [7, 11) is 2.08. The third-order valence-electron chi connectivity index (χ3n) is 3.86. The fraction of sp³-hybridized carbons (Fsp3) is 0.625. The van der Waals surface area contributed by atoms with Crippen LogP contribution in [0.4, 0.5) is 11.4 Å². The molecule has 5 nitrogen and oxygen atoms in total. The van der Waals surface area contributed by atoms with Gasteiger partial charge in [0.15, 0.2) is 0 Å². The first-order chi connectivity index (χ1) is 10.0. The van der Waals surface area contributed by atoms with Crippen molar-refractivity contribution in [1.29, 1.82) is 0 Å². The van der Waals surface area contributed by atoms with Crippen molar-refractivity contribution in [2.45, 2.75) is 52.6 Å². The van der Waals surface area contributed by atoms with Crippen LogP contribution in [0.5, 0.6) is 0 Å². The van der Waals surface area contributed by atoms with Crippen molar-refractivity contribution in [2.75, 3.05) is 18.9 Å². The molecule has 1 N–H and O–H groups in total. The first-order valence-corrected chi connectivity index (χ1v) is 7.75. The van der Waals surface area contributed by atoms with E-state index < -0.39 is 0 Å². The van der Waals surface area contributed by atoms with Gasteiger partial charge in [0.25, 0.3) is 5.69 Å². The van der Waals surface area contributed by atoms with Crippen molar-refractivity contribution < 1.29 is 4.92 Å². The zero-order chi connectivity index (χ0) is 15.8. The lowest BCUT2D eigenvalue weighted by atomic mass is 10.1. The fourth-order valence-corrected chi connectivity index (χ4v) is 2.63. The van der Waals surface area contributed by atoms with E-state index in [2.05, 4.69) is 38.0 Å². The van der Waals surface area contributed by atoms with Crippen LogP contribution in [0.3, 0.4) is 0 Å². The van der Waals surface area contributed by atoms with E-state index in [1.54, 1.807) is 12.1 Å². The summed E-state index contributed by atoms with van der Waals surface area (Å²) >= 11 is 0. The summed E-state index contributed by atoms with van der Waals surface area (Å²) < 4.78 is 0. The Morgan fingerprint density at radius 3 is 2.48 bits per heavy atom. The minimum absolute atomic E-state index is 0.166. The lowest BCUT2D eigenvalue weighted by Gasteiger charge is -2.27. The molecule has 21 heavy (non-hydrogen) atoms. The van der Waals surface area contributed by atoms with Crippen LogP contribution >= 0.6 is 0 Å². The van der Waals surface area contributed by atoms with Crippen molar-refractivity contribution in [3.63, 3.8) is 0 Å². The zero-order valence-corrected chi connectivity index (χ0v) is 13.6. The molecule has 1 aromatic carbocycles. The molecule has 1 aromatic rings. The number of benzene rings is 1. The van der Waals surface area contributed by atoms with Gasteiger partial charge >= 0.3 is 0 Å². The standard InChI is InChI=1S/C16H27N3O2/c1-5-11-17-16-13(9-8-10-15(16)19(20)21)12-18(4)14(6-2)7-3/h8-10,14,17H,5-7,11-12H2,1-4H3. The molecule has 0 aromatic heterocycles. The Balaban J connectivity index is 3.04. The molecule has 0 radical (unpaired) electrons. The molecule has 0 spiro atoms. The second-order valence-electron chi connectivity index (χ2n) is 5.38. The topological polar surface area (TPSA) is 58.4 Å². The summed E-state index contributed by atoms with van der Waals surface area (Å²) in [6.45, 7) is 7.87. The van der Waals surface area contributed by atoms with E-state index in [4.69, 9.17) is 0 Å². The average Bonchev–Trinajstić information content (AvgIpc) is 2.46. The van der Waals surface area contributed by atoms with Crippen molar-refractivity contribution in [1.82, 2.24) is 4.90 Å². The van der Waals surface area contributed by atoms with Gasteiger partial charge in [0.05, 0.1) is 4.92 Å². The molecule has 118 valence electrons. The summed E-state index contributed by atoms with van der Waals surface area (Å²) in [5.74, 6) is 0. The molecular weight excluding hydrogens is 266 g/mol. The van der Waals surface area contributed by atoms with Crippen LogP contribution in [-0.2, 0) is 6.54 Å². The maximum Gasteiger partial charge on any atom is 0.292 e. The number of nitrogens with one attached hydrogen (secondary N) is 1. The molecular formula is C16H27N3O2. The Morgan fingerprint density at radius 1 is 1.29 bits per heavy atom. The number of hydrogen-bond acceptors (Lipinski definition) is 4. The number of para-hydroxylation sites is 1. The van der Waals surface area contributed by atoms with E-state index in [0.29, 0.717) is 11.7 Å². The predicted molar refractivity (Wildman–Crippen MR) is 87.7 cm³/mol. The van der Waals surface area contributed by atoms with E-state index in [1.165, 1.54) is 0 Å². The van der Waals surface area contributed by atoms with E-state index in [1.807, 2.05) is 6.07 Å². The van der Waals surface area contributed by atoms with Crippen LogP contribution in [0, 0.1) is 10.1 Å². The molecule has 0 fully saturated rings. The predicted octanol–water partition coefficient (Wildman–Crippen LogP) is 4.04. The maximum atomic E-state index is 11.2. The van der Waals surface area contributed by atoms with Gasteiger partial charge in [-0.2, -0.15) is 0 Å². The molecule has 1 rings (SSSR count). The SMILES string of the molecule is CCCNc1c(CN(C)C(CC)CC)cccc1[N+](=O)[O-]. The van der Waals surface area contributed by atoms with Crippen LogP contribution in [0.25, 0.3) is 0 Å². The van der Waals surface area contributed by atoms with E-state index in [9.17, 15) is 10.1 Å². The lowest BCUT2D eigenvalue weighted by Crippen LogP contribution is -2.30. The highest BCUT2D eigenvalue weighted by molar-refractivity contribution is 5.66. The molecule has 0 aliphatic rings. The molecule has 0 aliphatic carbocycles. The van der Waals surface area contributed by atoms with Gasteiger partial charge < -0.3 is 5.32 Å². The van der Waals surface area contributed by atoms with Gasteiger partial charge in [0.1, 0.15) is 5.69 Å². The monoisotopic (exact) mass is 293 g/mol. The van der Waals surface area contributed by atoms with Gasteiger partial charge in [-0.15, -0.1) is 0 Å². The van der Waals surface area contributed by atoms with E-state index in [-0.39, 0.29) is 10.6 Å². The highest BCUT2D eigenvalue weighted by Gasteiger charge is 2.19. The van der Waals surface area contributed by atoms with Crippen LogP contribution in [0.2, 0.25) is 0 Å². The summed E-state index contributed by atoms with van der Waals surface area (Å²) in [5, 5.41) is 14.4. The van der Waals surface area contributed by atoms with E-state index in [0.717, 1.165) is 37.9 Å². The summed E-state index contributed by atoms with van der Waals surface area (Å²) in [6, 6.07) is 5.82. The molecule has 0 amide bonds. The molecule has 0 saturated carbocycles. The zero-order valence-electron chi connectivity index (χ0n) is 13.6. The molecule has 0 heterocycles. The Bertz CT molecular complexity index is 459. The fourth-order valence-electron chi connectivity index (χ4n) is 2.63. The van der Waals surface area contributed by atoms with Gasteiger partial charge in [-0.1, -0.05) is 32.9 Å². The number of anilines is 1. The van der Waals surface area contributed by atoms with Crippen molar-refractivity contribution in [3.05, 3.63) is 33.9 Å². The molecule has 0 aliphatic heterocycles. The first-order valence-electron chi connectivity index (χ1n) is 7.75. The van der Waals surface area contributed by atoms with Crippen LogP contribution < -0.4 is 5.32 Å². The molecule has 5 heteroatoms. The summed E-state index contributed by atoms with van der Waals surface area (Å²) in [4.78, 5) is 13.2. The van der Waals surface area contributed by atoms with Gasteiger partial charge in [-0.05, 0) is 31.9 Å². The van der Waals surface area contributed by atoms with Gasteiger partial charge in [0, 0.05) is 25.2 Å². The normalized spacial score (nSPS) is 11.1. The number of rotatable bonds is 9. The number of nitro groups is 1. The number of hydrogen-bond donors (Lipinski definition) is 1. The third-order valence-corrected chi connectivity index (χ3v) is 3.86. The summed E-state index contributed by atoms with van der Waals surface area (Å²) in [6.07, 6.45) is 3.10. The Morgan fingerprint density at radius 2 is 1.95 bits per heavy atom. The first kappa shape index (κ1) is 17.4. The van der Waals surface area contributed by atoms with Crippen molar-refractivity contribution >= 4 is 11.4 Å². The van der Waals surface area contributed by atoms with Gasteiger partial charge in [-0.25, -0.2) is 0 Å². The lowest BCUT2D eigenvalue weighted by molar-refractivity contribution is -0.384. The number of nitrogens with zero attached hydrogens (tertiary/aromatic N) is 2. The molecule has 0 saturated heterocycles. The van der Waals surface area contributed by atoms with Crippen molar-refractivity contribution in [3.8, 4) is 0 Å². The van der Waals surface area contributed by atoms with E-state index >= 15 is 0 Å². The third kappa shape index (κ3) is 4.70. The highest BCUT2D eigenvalue weighted by Crippen LogP contribution is 2.29. The van der Waals surface area contributed by atoms with Crippen LogP contribution in [-0.4, -0.2) is 29.5 Å². The highest BCUT2D eigenvalue weighted by atomic mass is 16.6. The van der Waals surface area contributed by atoms with Gasteiger partial charge in [-0.3, -0.25) is 15.0 Å². The average molecular weight is 293 g/mol. The van der Waals surface area contributed by atoms with Gasteiger partial charge in [0.2, 0.25) is 0 Å². The number of nitro benzene ring substituents is 1. The quantitative estimate of drug-likeness (QED) is 0.551. The minimum atomic E-state index is -0.307. The largest absolute Gasteiger partial charge is 0.379 e. The second-order valence-corrected chi connectivity index (χ2v) is 5.38. The smallest absolute Gasteiger partial charge is 0.292 e. The molecule has 0 unspecified atom stereocenters. The second kappa shape index (κ2) is 8.62. The maximum absolute atomic E-state index is 11.2. The minimum Gasteiger partial charge on any atom is -0.379 e. The van der Waals surface area contributed by atoms with Crippen molar-refractivity contribution in [2.24, 2.45) is 0 Å². The van der Waals surface area contributed by atoms with Crippen LogP contribution in [0.15, 0.2) is 18.2 Å². The van der Waals surface area contributed by atoms with Crippen LogP contribution in [0.1, 0.15) is 45.6 Å².